The molecule has 0 saturated carbocycles. The van der Waals surface area contributed by atoms with E-state index in [-0.39, 0.29) is 5.57 Å². The van der Waals surface area contributed by atoms with Crippen LogP contribution in [0.25, 0.3) is 6.08 Å². The Labute approximate surface area is 140 Å². The first-order chi connectivity index (χ1) is 11.4. The zero-order valence-corrected chi connectivity index (χ0v) is 14.1. The number of hydrogen-bond acceptors (Lipinski definition) is 5. The first-order valence-corrected chi connectivity index (χ1v) is 8.05. The van der Waals surface area contributed by atoms with Crippen LogP contribution in [0.3, 0.4) is 0 Å². The van der Waals surface area contributed by atoms with Gasteiger partial charge in [-0.2, -0.15) is 0 Å². The average molecular weight is 331 g/mol. The quantitative estimate of drug-likeness (QED) is 0.612. The van der Waals surface area contributed by atoms with E-state index in [4.69, 9.17) is 4.42 Å². The highest BCUT2D eigenvalue weighted by Crippen LogP contribution is 2.26. The highest BCUT2D eigenvalue weighted by Gasteiger charge is 2.38. The predicted molar refractivity (Wildman–Crippen MR) is 88.2 cm³/mol. The van der Waals surface area contributed by atoms with Crippen LogP contribution in [0.4, 0.5) is 10.7 Å². The molecule has 2 aliphatic heterocycles. The van der Waals surface area contributed by atoms with E-state index in [9.17, 15) is 14.4 Å². The molecular weight excluding hydrogens is 310 g/mol. The molecule has 2 aliphatic rings. The molecule has 1 aromatic rings. The Hall–Kier alpha value is -2.57. The van der Waals surface area contributed by atoms with Crippen LogP contribution in [0.5, 0.6) is 0 Å². The van der Waals surface area contributed by atoms with Crippen LogP contribution < -0.4 is 4.90 Å². The third-order valence-corrected chi connectivity index (χ3v) is 4.64. The van der Waals surface area contributed by atoms with Crippen molar-refractivity contribution in [3.05, 3.63) is 23.5 Å². The maximum Gasteiger partial charge on any atom is 0.333 e. The van der Waals surface area contributed by atoms with Gasteiger partial charge in [0.15, 0.2) is 5.88 Å². The normalized spacial score (nSPS) is 20.2. The molecule has 0 aromatic carbocycles. The predicted octanol–water partition coefficient (Wildman–Crippen LogP) is 1.95. The molecule has 0 atom stereocenters. The summed E-state index contributed by atoms with van der Waals surface area (Å²) in [6.07, 6.45) is 3.64. The van der Waals surface area contributed by atoms with Gasteiger partial charge in [0.05, 0.1) is 0 Å². The van der Waals surface area contributed by atoms with Crippen molar-refractivity contribution in [2.75, 3.05) is 32.1 Å². The summed E-state index contributed by atoms with van der Waals surface area (Å²) in [6.45, 7) is 4.11. The van der Waals surface area contributed by atoms with Crippen molar-refractivity contribution in [3.63, 3.8) is 0 Å². The van der Waals surface area contributed by atoms with Gasteiger partial charge in [0.1, 0.15) is 11.3 Å². The van der Waals surface area contributed by atoms with Crippen molar-refractivity contribution in [1.29, 1.82) is 0 Å². The smallest absolute Gasteiger partial charge is 0.333 e. The summed E-state index contributed by atoms with van der Waals surface area (Å²) in [6, 6.07) is 2.94. The van der Waals surface area contributed by atoms with Gasteiger partial charge in [-0.3, -0.25) is 19.4 Å². The van der Waals surface area contributed by atoms with Gasteiger partial charge in [0.25, 0.3) is 11.8 Å². The zero-order valence-electron chi connectivity index (χ0n) is 14.1. The lowest BCUT2D eigenvalue weighted by Gasteiger charge is -2.30. The molecule has 2 saturated heterocycles. The molecule has 7 heteroatoms. The number of furan rings is 1. The second-order valence-corrected chi connectivity index (χ2v) is 6.41. The minimum atomic E-state index is -0.635. The standard InChI is InChI=1S/C17H21N3O4/c1-11-6-8-20(9-7-11)14-5-4-12(24-14)10-13-15(21)18(2)17(23)19(3)16(13)22/h4-5,10-11H,6-9H2,1-3H3. The van der Waals surface area contributed by atoms with Crippen LogP contribution in [0.15, 0.2) is 22.1 Å². The molecule has 2 fully saturated rings. The maximum absolute atomic E-state index is 12.2. The molecule has 0 aliphatic carbocycles. The fourth-order valence-electron chi connectivity index (χ4n) is 2.94. The van der Waals surface area contributed by atoms with Gasteiger partial charge in [-0.25, -0.2) is 4.79 Å². The molecule has 1 aromatic heterocycles. The van der Waals surface area contributed by atoms with E-state index in [0.29, 0.717) is 5.76 Å². The minimum Gasteiger partial charge on any atom is -0.441 e. The van der Waals surface area contributed by atoms with E-state index in [1.165, 1.54) is 20.2 Å². The summed E-state index contributed by atoms with van der Waals surface area (Å²) >= 11 is 0. The molecular formula is C17H21N3O4. The first-order valence-electron chi connectivity index (χ1n) is 8.05. The van der Waals surface area contributed by atoms with Gasteiger partial charge in [-0.1, -0.05) is 6.92 Å². The van der Waals surface area contributed by atoms with Gasteiger partial charge in [-0.15, -0.1) is 0 Å². The summed E-state index contributed by atoms with van der Waals surface area (Å²) in [4.78, 5) is 40.1. The van der Waals surface area contributed by atoms with Gasteiger partial charge >= 0.3 is 6.03 Å². The number of likely N-dealkylation sites (N-methyl/N-ethyl adjacent to an activating group) is 2. The van der Waals surface area contributed by atoms with Crippen LogP contribution in [-0.4, -0.2) is 54.8 Å². The fourth-order valence-corrected chi connectivity index (χ4v) is 2.94. The maximum atomic E-state index is 12.2. The highest BCUT2D eigenvalue weighted by molar-refractivity contribution is 6.30. The van der Waals surface area contributed by atoms with Crippen molar-refractivity contribution in [3.8, 4) is 0 Å². The molecule has 0 spiro atoms. The Morgan fingerprint density at radius 2 is 1.62 bits per heavy atom. The van der Waals surface area contributed by atoms with Gasteiger partial charge in [0, 0.05) is 33.3 Å². The Morgan fingerprint density at radius 3 is 2.21 bits per heavy atom. The molecule has 0 bridgehead atoms. The molecule has 24 heavy (non-hydrogen) atoms. The Bertz CT molecular complexity index is 687. The summed E-state index contributed by atoms with van der Waals surface area (Å²) in [7, 11) is 2.70. The van der Waals surface area contributed by atoms with Gasteiger partial charge in [0.2, 0.25) is 0 Å². The number of carbonyl (C=O) groups is 3. The average Bonchev–Trinajstić information content (AvgIpc) is 3.04. The van der Waals surface area contributed by atoms with Crippen LogP contribution in [0.1, 0.15) is 25.5 Å². The zero-order chi connectivity index (χ0) is 17.4. The summed E-state index contributed by atoms with van der Waals surface area (Å²) < 4.78 is 5.78. The Morgan fingerprint density at radius 1 is 1.04 bits per heavy atom. The van der Waals surface area contributed by atoms with E-state index in [0.717, 1.165) is 47.5 Å². The molecule has 3 heterocycles. The highest BCUT2D eigenvalue weighted by atomic mass is 16.4. The van der Waals surface area contributed by atoms with Crippen LogP contribution >= 0.6 is 0 Å². The van der Waals surface area contributed by atoms with E-state index in [1.54, 1.807) is 6.07 Å². The summed E-state index contributed by atoms with van der Waals surface area (Å²) in [5.74, 6) is 0.651. The Balaban J connectivity index is 1.82. The second-order valence-electron chi connectivity index (χ2n) is 6.41. The monoisotopic (exact) mass is 331 g/mol. The number of imide groups is 2. The molecule has 4 amide bonds. The van der Waals surface area contributed by atoms with Crippen molar-refractivity contribution < 1.29 is 18.8 Å². The number of rotatable bonds is 2. The molecule has 7 nitrogen and oxygen atoms in total. The third-order valence-electron chi connectivity index (χ3n) is 4.64. The van der Waals surface area contributed by atoms with E-state index >= 15 is 0 Å². The number of urea groups is 1. The van der Waals surface area contributed by atoms with Crippen molar-refractivity contribution in [2.24, 2.45) is 5.92 Å². The number of hydrogen-bond donors (Lipinski definition) is 0. The topological polar surface area (TPSA) is 74.1 Å². The van der Waals surface area contributed by atoms with Crippen LogP contribution in [0.2, 0.25) is 0 Å². The Kier molecular flexibility index (Phi) is 4.17. The van der Waals surface area contributed by atoms with Gasteiger partial charge < -0.3 is 9.32 Å². The van der Waals surface area contributed by atoms with Crippen LogP contribution in [0, 0.1) is 5.92 Å². The summed E-state index contributed by atoms with van der Waals surface area (Å²) in [5, 5.41) is 0. The number of anilines is 1. The van der Waals surface area contributed by atoms with Gasteiger partial charge in [-0.05, 0) is 30.9 Å². The number of barbiturate groups is 1. The number of piperidine rings is 1. The van der Waals surface area contributed by atoms with E-state index < -0.39 is 17.8 Å². The molecule has 0 N–H and O–H groups in total. The SMILES string of the molecule is CC1CCN(c2ccc(C=C3C(=O)N(C)C(=O)N(C)C3=O)o2)CC1. The lowest BCUT2D eigenvalue weighted by Crippen LogP contribution is -2.52. The largest absolute Gasteiger partial charge is 0.441 e. The van der Waals surface area contributed by atoms with E-state index in [2.05, 4.69) is 11.8 Å². The number of carbonyl (C=O) groups excluding carboxylic acids is 3. The van der Waals surface area contributed by atoms with Crippen molar-refractivity contribution in [2.45, 2.75) is 19.8 Å². The number of nitrogens with zero attached hydrogens (tertiary/aromatic N) is 3. The fraction of sp³-hybridized carbons (Fsp3) is 0.471. The molecule has 0 unspecified atom stereocenters. The number of amides is 4. The molecule has 128 valence electrons. The lowest BCUT2D eigenvalue weighted by molar-refractivity contribution is -0.134. The summed E-state index contributed by atoms with van der Waals surface area (Å²) in [5.41, 5.74) is -0.0761. The minimum absolute atomic E-state index is 0.0761. The van der Waals surface area contributed by atoms with Crippen molar-refractivity contribution >= 4 is 29.8 Å². The first kappa shape index (κ1) is 16.3. The third kappa shape index (κ3) is 2.81. The van der Waals surface area contributed by atoms with Crippen LogP contribution in [-0.2, 0) is 9.59 Å². The molecule has 0 radical (unpaired) electrons. The second kappa shape index (κ2) is 6.14. The van der Waals surface area contributed by atoms with E-state index in [1.807, 2.05) is 6.07 Å². The molecule has 3 rings (SSSR count). The lowest BCUT2D eigenvalue weighted by atomic mass is 9.99. The van der Waals surface area contributed by atoms with Crippen molar-refractivity contribution in [1.82, 2.24) is 9.80 Å².